The highest BCUT2D eigenvalue weighted by atomic mass is 35.5. The van der Waals surface area contributed by atoms with E-state index >= 15 is 0 Å². The third-order valence-electron chi connectivity index (χ3n) is 2.69. The van der Waals surface area contributed by atoms with Crippen molar-refractivity contribution < 1.29 is 0 Å². The first-order valence-electron chi connectivity index (χ1n) is 4.96. The Labute approximate surface area is 110 Å². The third-order valence-corrected chi connectivity index (χ3v) is 2.69. The topological polar surface area (TPSA) is 78.2 Å². The Kier molecular flexibility index (Phi) is 4.13. The summed E-state index contributed by atoms with van der Waals surface area (Å²) in [5.74, 6) is 0.616. The van der Waals surface area contributed by atoms with Crippen molar-refractivity contribution in [3.8, 4) is 0 Å². The minimum Gasteiger partial charge on any atom is -0.324 e. The zero-order chi connectivity index (χ0) is 10.4. The highest BCUT2D eigenvalue weighted by Crippen LogP contribution is 2.33. The summed E-state index contributed by atoms with van der Waals surface area (Å²) in [7, 11) is 0. The predicted octanol–water partition coefficient (Wildman–Crippen LogP) is 0.528. The molecule has 0 bridgehead atoms. The maximum Gasteiger partial charge on any atom is 0.296 e. The van der Waals surface area contributed by atoms with Gasteiger partial charge in [-0.2, -0.15) is 0 Å². The number of rotatable bonds is 2. The summed E-state index contributed by atoms with van der Waals surface area (Å²) in [6.45, 7) is 0.286. The van der Waals surface area contributed by atoms with Crippen LogP contribution in [0, 0.1) is 0 Å². The Balaban J connectivity index is 0.000000722. The second-order valence-corrected chi connectivity index (χ2v) is 3.76. The number of aromatic nitrogens is 4. The van der Waals surface area contributed by atoms with Gasteiger partial charge in [0.25, 0.3) is 5.56 Å². The van der Waals surface area contributed by atoms with Crippen molar-refractivity contribution in [2.45, 2.75) is 25.4 Å². The lowest BCUT2D eigenvalue weighted by atomic mass is 10.5. The second kappa shape index (κ2) is 5.03. The summed E-state index contributed by atoms with van der Waals surface area (Å²) in [5, 5.41) is 7.73. The van der Waals surface area contributed by atoms with E-state index in [9.17, 15) is 4.79 Å². The Morgan fingerprint density at radius 2 is 2.00 bits per heavy atom. The van der Waals surface area contributed by atoms with Crippen LogP contribution in [0.3, 0.4) is 0 Å². The average Bonchev–Trinajstić information content (AvgIpc) is 2.98. The summed E-state index contributed by atoms with van der Waals surface area (Å²) in [6.07, 6.45) is 5.74. The molecule has 0 atom stereocenters. The lowest BCUT2D eigenvalue weighted by Gasteiger charge is -2.02. The molecule has 2 aromatic rings. The number of hydrogen-bond donors (Lipinski definition) is 1. The predicted molar refractivity (Wildman–Crippen MR) is 67.9 cm³/mol. The molecule has 17 heavy (non-hydrogen) atoms. The third kappa shape index (κ3) is 2.15. The molecule has 8 heteroatoms. The molecule has 2 N–H and O–H groups in total. The van der Waals surface area contributed by atoms with E-state index in [1.54, 1.807) is 21.4 Å². The minimum atomic E-state index is -0.0767. The van der Waals surface area contributed by atoms with Crippen LogP contribution in [0.15, 0.2) is 17.2 Å². The number of hydrogen-bond acceptors (Lipinski definition) is 4. The lowest BCUT2D eigenvalue weighted by molar-refractivity contribution is 0.699. The number of nitrogens with two attached hydrogens (primary N) is 1. The molecule has 1 saturated carbocycles. The molecule has 1 aliphatic carbocycles. The summed E-state index contributed by atoms with van der Waals surface area (Å²) >= 11 is 0. The summed E-state index contributed by atoms with van der Waals surface area (Å²) in [4.78, 5) is 11.9. The molecule has 2 heterocycles. The van der Waals surface area contributed by atoms with Gasteiger partial charge < -0.3 is 10.3 Å². The fourth-order valence-electron chi connectivity index (χ4n) is 1.73. The lowest BCUT2D eigenvalue weighted by Crippen LogP contribution is -2.21. The van der Waals surface area contributed by atoms with Gasteiger partial charge in [0.05, 0.1) is 6.54 Å². The first-order valence-corrected chi connectivity index (χ1v) is 4.96. The molecule has 0 amide bonds. The molecule has 94 valence electrons. The van der Waals surface area contributed by atoms with Gasteiger partial charge in [-0.25, -0.2) is 0 Å². The van der Waals surface area contributed by atoms with E-state index in [0.717, 1.165) is 12.8 Å². The van der Waals surface area contributed by atoms with Crippen molar-refractivity contribution in [1.82, 2.24) is 19.2 Å². The summed E-state index contributed by atoms with van der Waals surface area (Å²) < 4.78 is 3.38. The molecule has 0 spiro atoms. The molecule has 0 aromatic carbocycles. The van der Waals surface area contributed by atoms with Crippen LogP contribution in [-0.2, 0) is 6.54 Å². The van der Waals surface area contributed by atoms with Crippen LogP contribution in [0.5, 0.6) is 0 Å². The molecule has 1 aliphatic rings. The van der Waals surface area contributed by atoms with Crippen LogP contribution >= 0.6 is 24.8 Å². The van der Waals surface area contributed by atoms with E-state index in [4.69, 9.17) is 5.73 Å². The highest BCUT2D eigenvalue weighted by molar-refractivity contribution is 5.85. The molecule has 0 aliphatic heterocycles. The van der Waals surface area contributed by atoms with E-state index in [0.29, 0.717) is 17.5 Å². The van der Waals surface area contributed by atoms with Gasteiger partial charge in [0.1, 0.15) is 0 Å². The van der Waals surface area contributed by atoms with Crippen molar-refractivity contribution >= 4 is 30.5 Å². The van der Waals surface area contributed by atoms with E-state index in [1.807, 2.05) is 0 Å². The summed E-state index contributed by atoms with van der Waals surface area (Å²) in [5.41, 5.74) is 5.78. The fraction of sp³-hybridized carbons (Fsp3) is 0.444. The van der Waals surface area contributed by atoms with Crippen LogP contribution in [-0.4, -0.2) is 19.2 Å². The average molecular weight is 278 g/mol. The van der Waals surface area contributed by atoms with Crippen LogP contribution in [0.2, 0.25) is 0 Å². The van der Waals surface area contributed by atoms with Crippen LogP contribution < -0.4 is 11.3 Å². The standard InChI is InChI=1S/C9H11N5O.2ClH/c10-5-7-11-12-8-9(15)13(6-1-2-6)3-4-14(7)8;;/h3-4,6H,1-2,5,10H2;2*1H. The fourth-order valence-corrected chi connectivity index (χ4v) is 1.73. The van der Waals surface area contributed by atoms with E-state index in [-0.39, 0.29) is 36.9 Å². The van der Waals surface area contributed by atoms with E-state index in [2.05, 4.69) is 10.2 Å². The van der Waals surface area contributed by atoms with E-state index < -0.39 is 0 Å². The minimum absolute atomic E-state index is 0. The van der Waals surface area contributed by atoms with Gasteiger partial charge in [0.2, 0.25) is 5.65 Å². The number of nitrogens with zero attached hydrogens (tertiary/aromatic N) is 4. The maximum absolute atomic E-state index is 11.9. The smallest absolute Gasteiger partial charge is 0.296 e. The normalized spacial score (nSPS) is 14.2. The zero-order valence-corrected chi connectivity index (χ0v) is 10.6. The highest BCUT2D eigenvalue weighted by Gasteiger charge is 2.25. The van der Waals surface area contributed by atoms with Gasteiger partial charge >= 0.3 is 0 Å². The van der Waals surface area contributed by atoms with Gasteiger partial charge in [-0.1, -0.05) is 0 Å². The second-order valence-electron chi connectivity index (χ2n) is 3.76. The van der Waals surface area contributed by atoms with Gasteiger partial charge in [0.15, 0.2) is 5.82 Å². The van der Waals surface area contributed by atoms with Gasteiger partial charge in [-0.05, 0) is 12.8 Å². The van der Waals surface area contributed by atoms with E-state index in [1.165, 1.54) is 0 Å². The number of fused-ring (bicyclic) bond motifs is 1. The molecule has 0 radical (unpaired) electrons. The van der Waals surface area contributed by atoms with Crippen molar-refractivity contribution in [3.63, 3.8) is 0 Å². The van der Waals surface area contributed by atoms with Crippen molar-refractivity contribution in [2.24, 2.45) is 5.73 Å². The maximum atomic E-state index is 11.9. The SMILES string of the molecule is Cl.Cl.NCc1nnc2c(=O)n(C3CC3)ccn12. The molecule has 2 aromatic heterocycles. The zero-order valence-electron chi connectivity index (χ0n) is 8.94. The molecular weight excluding hydrogens is 265 g/mol. The molecule has 0 saturated heterocycles. The Bertz CT molecular complexity index is 574. The molecular formula is C9H13Cl2N5O. The Morgan fingerprint density at radius 1 is 1.29 bits per heavy atom. The van der Waals surface area contributed by atoms with Crippen LogP contribution in [0.4, 0.5) is 0 Å². The molecule has 1 fully saturated rings. The van der Waals surface area contributed by atoms with Crippen molar-refractivity contribution in [3.05, 3.63) is 28.6 Å². The van der Waals surface area contributed by atoms with Crippen molar-refractivity contribution in [2.75, 3.05) is 0 Å². The molecule has 3 rings (SSSR count). The van der Waals surface area contributed by atoms with Crippen molar-refractivity contribution in [1.29, 1.82) is 0 Å². The first-order chi connectivity index (χ1) is 7.31. The quantitative estimate of drug-likeness (QED) is 0.869. The van der Waals surface area contributed by atoms with Crippen LogP contribution in [0.25, 0.3) is 5.65 Å². The Hall–Kier alpha value is -1.11. The molecule has 0 unspecified atom stereocenters. The summed E-state index contributed by atoms with van der Waals surface area (Å²) in [6, 6.07) is 0.362. The molecule has 6 nitrogen and oxygen atoms in total. The van der Waals surface area contributed by atoms with Gasteiger partial charge in [-0.15, -0.1) is 35.0 Å². The first kappa shape index (κ1) is 14.0. The largest absolute Gasteiger partial charge is 0.324 e. The van der Waals surface area contributed by atoms with Gasteiger partial charge in [0, 0.05) is 18.4 Å². The number of halogens is 2. The Morgan fingerprint density at radius 3 is 2.59 bits per heavy atom. The van der Waals surface area contributed by atoms with Gasteiger partial charge in [-0.3, -0.25) is 9.20 Å². The van der Waals surface area contributed by atoms with Crippen LogP contribution in [0.1, 0.15) is 24.7 Å². The monoisotopic (exact) mass is 277 g/mol.